The number of aliphatic hydroxyl groups excluding tert-OH is 1. The summed E-state index contributed by atoms with van der Waals surface area (Å²) in [6, 6.07) is 11.8. The van der Waals surface area contributed by atoms with Crippen molar-refractivity contribution in [1.82, 2.24) is 14.5 Å². The zero-order chi connectivity index (χ0) is 25.7. The smallest absolute Gasteiger partial charge is 0.295 e. The number of rotatable bonds is 10. The Balaban J connectivity index is 1.75. The largest absolute Gasteiger partial charge is 0.507 e. The second-order valence-corrected chi connectivity index (χ2v) is 8.77. The molecule has 1 atom stereocenters. The summed E-state index contributed by atoms with van der Waals surface area (Å²) in [5.41, 5.74) is 2.23. The van der Waals surface area contributed by atoms with Crippen LogP contribution in [-0.4, -0.2) is 51.5 Å². The van der Waals surface area contributed by atoms with Crippen LogP contribution in [0.3, 0.4) is 0 Å². The Kier molecular flexibility index (Phi) is 7.73. The van der Waals surface area contributed by atoms with Crippen molar-refractivity contribution in [1.29, 1.82) is 0 Å². The first-order chi connectivity index (χ1) is 17.4. The average Bonchev–Trinajstić information content (AvgIpc) is 3.49. The molecule has 36 heavy (non-hydrogen) atoms. The molecule has 0 radical (unpaired) electrons. The van der Waals surface area contributed by atoms with Gasteiger partial charge in [-0.3, -0.25) is 9.59 Å². The summed E-state index contributed by atoms with van der Waals surface area (Å²) >= 11 is 0. The molecular weight excluding hydrogens is 458 g/mol. The van der Waals surface area contributed by atoms with E-state index in [1.165, 1.54) is 4.90 Å². The molecule has 1 aliphatic rings. The molecule has 8 nitrogen and oxygen atoms in total. The summed E-state index contributed by atoms with van der Waals surface area (Å²) in [4.78, 5) is 32.0. The van der Waals surface area contributed by atoms with Gasteiger partial charge in [-0.15, -0.1) is 0 Å². The van der Waals surface area contributed by atoms with Crippen LogP contribution in [0.15, 0.2) is 66.8 Å². The summed E-state index contributed by atoms with van der Waals surface area (Å²) in [5.74, 6) is -0.449. The van der Waals surface area contributed by atoms with E-state index in [0.29, 0.717) is 48.7 Å². The van der Waals surface area contributed by atoms with E-state index in [1.807, 2.05) is 42.8 Å². The van der Waals surface area contributed by atoms with Crippen molar-refractivity contribution in [3.05, 3.63) is 83.4 Å². The Morgan fingerprint density at radius 2 is 1.86 bits per heavy atom. The minimum atomic E-state index is -0.761. The maximum absolute atomic E-state index is 13.3. The van der Waals surface area contributed by atoms with Gasteiger partial charge in [0.05, 0.1) is 31.7 Å². The first-order valence-corrected chi connectivity index (χ1v) is 12.1. The standard InChI is InChI=1S/C28H31N3O5/c1-4-16-36-22-11-10-21(17-23(22)35-3)25-24(26(32)20-8-6-19(2)7-9-20)27(33)28(34)31(25)14-5-13-30-15-12-29-18-30/h6-12,15,17-18,25,32H,4-5,13-14,16H2,1-3H3/t25-/m1/s1. The van der Waals surface area contributed by atoms with Gasteiger partial charge in [0.15, 0.2) is 11.5 Å². The fraction of sp³-hybridized carbons (Fsp3) is 0.321. The van der Waals surface area contributed by atoms with Crippen LogP contribution in [-0.2, 0) is 16.1 Å². The van der Waals surface area contributed by atoms with Crippen LogP contribution in [0.5, 0.6) is 11.5 Å². The quantitative estimate of drug-likeness (QED) is 0.256. The van der Waals surface area contributed by atoms with E-state index < -0.39 is 17.7 Å². The summed E-state index contributed by atoms with van der Waals surface area (Å²) in [7, 11) is 1.55. The minimum Gasteiger partial charge on any atom is -0.507 e. The molecule has 2 aromatic carbocycles. The lowest BCUT2D eigenvalue weighted by atomic mass is 9.94. The number of Topliss-reactive ketones (excluding diaryl/α,β-unsaturated/α-hetero) is 1. The van der Waals surface area contributed by atoms with E-state index in [1.54, 1.807) is 43.9 Å². The molecule has 0 bridgehead atoms. The predicted octanol–water partition coefficient (Wildman–Crippen LogP) is 4.50. The number of benzene rings is 2. The average molecular weight is 490 g/mol. The lowest BCUT2D eigenvalue weighted by molar-refractivity contribution is -0.139. The second-order valence-electron chi connectivity index (χ2n) is 8.77. The number of ether oxygens (including phenoxy) is 2. The summed E-state index contributed by atoms with van der Waals surface area (Å²) < 4.78 is 13.3. The van der Waals surface area contributed by atoms with Crippen LogP contribution in [0, 0.1) is 6.92 Å². The molecule has 0 spiro atoms. The molecule has 1 amide bonds. The van der Waals surface area contributed by atoms with Crippen LogP contribution >= 0.6 is 0 Å². The Morgan fingerprint density at radius 1 is 1.08 bits per heavy atom. The van der Waals surface area contributed by atoms with Crippen molar-refractivity contribution in [2.45, 2.75) is 39.3 Å². The van der Waals surface area contributed by atoms with E-state index in [4.69, 9.17) is 9.47 Å². The molecule has 0 aliphatic carbocycles. The number of carbonyl (C=O) groups excluding carboxylic acids is 2. The molecule has 0 unspecified atom stereocenters. The van der Waals surface area contributed by atoms with Crippen molar-refractivity contribution < 1.29 is 24.2 Å². The van der Waals surface area contributed by atoms with Crippen LogP contribution < -0.4 is 9.47 Å². The highest BCUT2D eigenvalue weighted by atomic mass is 16.5. The lowest BCUT2D eigenvalue weighted by Crippen LogP contribution is -2.31. The van der Waals surface area contributed by atoms with Crippen LogP contribution in [0.1, 0.15) is 42.5 Å². The topological polar surface area (TPSA) is 93.9 Å². The fourth-order valence-electron chi connectivity index (χ4n) is 4.35. The van der Waals surface area contributed by atoms with Crippen LogP contribution in [0.25, 0.3) is 5.76 Å². The van der Waals surface area contributed by atoms with Crippen molar-refractivity contribution >= 4 is 17.4 Å². The first kappa shape index (κ1) is 25.0. The summed E-state index contributed by atoms with van der Waals surface area (Å²) in [6.45, 7) is 5.46. The number of likely N-dealkylation sites (tertiary alicyclic amines) is 1. The zero-order valence-corrected chi connectivity index (χ0v) is 20.8. The number of methoxy groups -OCH3 is 1. The SMILES string of the molecule is CCCOc1ccc([C@@H]2C(=C(O)c3ccc(C)cc3)C(=O)C(=O)N2CCCn2ccnc2)cc1OC. The highest BCUT2D eigenvalue weighted by Gasteiger charge is 2.46. The van der Waals surface area contributed by atoms with Gasteiger partial charge in [0.25, 0.3) is 11.7 Å². The number of aliphatic hydroxyl groups is 1. The summed E-state index contributed by atoms with van der Waals surface area (Å²) in [5, 5.41) is 11.2. The van der Waals surface area contributed by atoms with Gasteiger partial charge in [-0.2, -0.15) is 0 Å². The molecule has 3 aromatic rings. The fourth-order valence-corrected chi connectivity index (χ4v) is 4.35. The zero-order valence-electron chi connectivity index (χ0n) is 20.8. The number of hydrogen-bond acceptors (Lipinski definition) is 6. The van der Waals surface area contributed by atoms with Gasteiger partial charge in [-0.25, -0.2) is 4.98 Å². The van der Waals surface area contributed by atoms with E-state index in [-0.39, 0.29) is 11.3 Å². The summed E-state index contributed by atoms with van der Waals surface area (Å²) in [6.07, 6.45) is 6.71. The van der Waals surface area contributed by atoms with Crippen LogP contribution in [0.2, 0.25) is 0 Å². The van der Waals surface area contributed by atoms with Gasteiger partial charge in [-0.05, 0) is 37.5 Å². The monoisotopic (exact) mass is 489 g/mol. The Labute approximate surface area is 210 Å². The van der Waals surface area contributed by atoms with Crippen molar-refractivity contribution in [3.8, 4) is 11.5 Å². The third-order valence-corrected chi connectivity index (χ3v) is 6.20. The molecule has 1 aliphatic heterocycles. The Morgan fingerprint density at radius 3 is 2.53 bits per heavy atom. The van der Waals surface area contributed by atoms with Gasteiger partial charge in [0.1, 0.15) is 5.76 Å². The van der Waals surface area contributed by atoms with Gasteiger partial charge in [0, 0.05) is 31.0 Å². The first-order valence-electron chi connectivity index (χ1n) is 12.1. The number of carbonyl (C=O) groups is 2. The molecule has 1 aromatic heterocycles. The van der Waals surface area contributed by atoms with Crippen molar-refractivity contribution in [2.24, 2.45) is 0 Å². The Hall–Kier alpha value is -4.07. The Bertz CT molecular complexity index is 1250. The molecule has 2 heterocycles. The van der Waals surface area contributed by atoms with Crippen LogP contribution in [0.4, 0.5) is 0 Å². The maximum Gasteiger partial charge on any atom is 0.295 e. The number of amides is 1. The van der Waals surface area contributed by atoms with E-state index in [0.717, 1.165) is 12.0 Å². The van der Waals surface area contributed by atoms with E-state index in [2.05, 4.69) is 4.98 Å². The van der Waals surface area contributed by atoms with Gasteiger partial charge >= 0.3 is 0 Å². The molecule has 1 saturated heterocycles. The van der Waals surface area contributed by atoms with Crippen molar-refractivity contribution in [3.63, 3.8) is 0 Å². The molecular formula is C28H31N3O5. The third kappa shape index (κ3) is 5.12. The lowest BCUT2D eigenvalue weighted by Gasteiger charge is -2.26. The number of aryl methyl sites for hydroxylation is 2. The normalized spacial score (nSPS) is 17.0. The molecule has 0 saturated carbocycles. The second kappa shape index (κ2) is 11.1. The highest BCUT2D eigenvalue weighted by molar-refractivity contribution is 6.46. The van der Waals surface area contributed by atoms with E-state index in [9.17, 15) is 14.7 Å². The maximum atomic E-state index is 13.3. The van der Waals surface area contributed by atoms with Gasteiger partial charge in [0.2, 0.25) is 0 Å². The number of aromatic nitrogens is 2. The number of imidazole rings is 1. The molecule has 8 heteroatoms. The molecule has 188 valence electrons. The predicted molar refractivity (Wildman–Crippen MR) is 136 cm³/mol. The van der Waals surface area contributed by atoms with E-state index >= 15 is 0 Å². The van der Waals surface area contributed by atoms with Gasteiger partial charge < -0.3 is 24.0 Å². The highest BCUT2D eigenvalue weighted by Crippen LogP contribution is 2.42. The number of hydrogen-bond donors (Lipinski definition) is 1. The number of ketones is 1. The van der Waals surface area contributed by atoms with Gasteiger partial charge in [-0.1, -0.05) is 42.8 Å². The third-order valence-electron chi connectivity index (χ3n) is 6.20. The molecule has 4 rings (SSSR count). The number of nitrogens with zero attached hydrogens (tertiary/aromatic N) is 3. The molecule has 1 N–H and O–H groups in total. The molecule has 1 fully saturated rings. The van der Waals surface area contributed by atoms with Crippen molar-refractivity contribution in [2.75, 3.05) is 20.3 Å². The minimum absolute atomic E-state index is 0.0655.